The van der Waals surface area contributed by atoms with Crippen LogP contribution < -0.4 is 15.4 Å². The summed E-state index contributed by atoms with van der Waals surface area (Å²) in [6.45, 7) is 4.16. The van der Waals surface area contributed by atoms with Crippen molar-refractivity contribution >= 4 is 34.1 Å². The SMILES string of the molecule is CCC(C)=C(/C=C(\NC)NC(=O)Cc1ccc(OC)c(Cl)c1)c1nc2ccccc2[nH]1. The average molecular weight is 439 g/mol. The Labute approximate surface area is 187 Å². The molecule has 1 aromatic heterocycles. The second kappa shape index (κ2) is 10.2. The summed E-state index contributed by atoms with van der Waals surface area (Å²) in [5.74, 6) is 1.79. The van der Waals surface area contributed by atoms with Crippen LogP contribution in [-0.4, -0.2) is 30.0 Å². The molecule has 0 atom stereocenters. The number of ether oxygens (including phenoxy) is 1. The van der Waals surface area contributed by atoms with Gasteiger partial charge in [-0.15, -0.1) is 0 Å². The van der Waals surface area contributed by atoms with Crippen molar-refractivity contribution in [3.8, 4) is 5.75 Å². The standard InChI is InChI=1S/C24H27ClN4O2/c1-5-15(2)17(24-27-19-8-6-7-9-20(19)28-24)14-22(26-3)29-23(30)13-16-10-11-21(31-4)18(25)12-16/h6-12,14,26H,5,13H2,1-4H3,(H,27,28)(H,29,30)/b17-15?,22-14+. The molecular formula is C24H27ClN4O2. The van der Waals surface area contributed by atoms with E-state index in [0.29, 0.717) is 16.6 Å². The molecule has 0 aliphatic heterocycles. The topological polar surface area (TPSA) is 79.0 Å². The quantitative estimate of drug-likeness (QED) is 0.440. The predicted molar refractivity (Wildman–Crippen MR) is 126 cm³/mol. The van der Waals surface area contributed by atoms with E-state index < -0.39 is 0 Å². The third-order valence-electron chi connectivity index (χ3n) is 5.05. The number of aromatic nitrogens is 2. The Kier molecular flexibility index (Phi) is 7.36. The summed E-state index contributed by atoms with van der Waals surface area (Å²) in [6.07, 6.45) is 2.97. The van der Waals surface area contributed by atoms with Crippen LogP contribution in [0.2, 0.25) is 5.02 Å². The number of rotatable bonds is 8. The van der Waals surface area contributed by atoms with Crippen molar-refractivity contribution in [2.75, 3.05) is 14.2 Å². The molecule has 6 nitrogen and oxygen atoms in total. The van der Waals surface area contributed by atoms with Gasteiger partial charge >= 0.3 is 0 Å². The molecule has 7 heteroatoms. The van der Waals surface area contributed by atoms with E-state index >= 15 is 0 Å². The van der Waals surface area contributed by atoms with Crippen molar-refractivity contribution in [3.63, 3.8) is 0 Å². The molecule has 0 spiro atoms. The highest BCUT2D eigenvalue weighted by atomic mass is 35.5. The Bertz CT molecular complexity index is 1110. The average Bonchev–Trinajstić information content (AvgIpc) is 3.20. The molecular weight excluding hydrogens is 412 g/mol. The van der Waals surface area contributed by atoms with Gasteiger partial charge in [-0.05, 0) is 49.2 Å². The van der Waals surface area contributed by atoms with E-state index in [9.17, 15) is 4.79 Å². The first-order valence-corrected chi connectivity index (χ1v) is 10.5. The van der Waals surface area contributed by atoms with Crippen molar-refractivity contribution < 1.29 is 9.53 Å². The van der Waals surface area contributed by atoms with Gasteiger partial charge in [-0.2, -0.15) is 0 Å². The second-order valence-electron chi connectivity index (χ2n) is 7.15. The number of aromatic amines is 1. The van der Waals surface area contributed by atoms with Crippen molar-refractivity contribution in [2.24, 2.45) is 0 Å². The monoisotopic (exact) mass is 438 g/mol. The van der Waals surface area contributed by atoms with Gasteiger partial charge in [0.2, 0.25) is 5.91 Å². The number of halogens is 1. The molecule has 0 unspecified atom stereocenters. The summed E-state index contributed by atoms with van der Waals surface area (Å²) < 4.78 is 5.16. The van der Waals surface area contributed by atoms with Crippen LogP contribution in [0.4, 0.5) is 0 Å². The number of nitrogens with one attached hydrogen (secondary N) is 3. The van der Waals surface area contributed by atoms with E-state index in [0.717, 1.165) is 40.0 Å². The zero-order chi connectivity index (χ0) is 22.4. The van der Waals surface area contributed by atoms with Gasteiger partial charge in [-0.1, -0.05) is 42.3 Å². The van der Waals surface area contributed by atoms with Crippen LogP contribution in [0.1, 0.15) is 31.7 Å². The van der Waals surface area contributed by atoms with E-state index in [2.05, 4.69) is 29.5 Å². The van der Waals surface area contributed by atoms with Gasteiger partial charge in [0.15, 0.2) is 0 Å². The zero-order valence-electron chi connectivity index (χ0n) is 18.2. The normalized spacial score (nSPS) is 12.5. The van der Waals surface area contributed by atoms with Gasteiger partial charge < -0.3 is 20.4 Å². The number of imidazole rings is 1. The molecule has 31 heavy (non-hydrogen) atoms. The number of amides is 1. The summed E-state index contributed by atoms with van der Waals surface area (Å²) in [5, 5.41) is 6.48. The predicted octanol–water partition coefficient (Wildman–Crippen LogP) is 4.83. The zero-order valence-corrected chi connectivity index (χ0v) is 18.9. The molecule has 3 rings (SSSR count). The molecule has 162 valence electrons. The Balaban J connectivity index is 1.83. The van der Waals surface area contributed by atoms with Crippen LogP contribution in [0.25, 0.3) is 16.6 Å². The van der Waals surface area contributed by atoms with Gasteiger partial charge in [-0.25, -0.2) is 4.98 Å². The molecule has 1 amide bonds. The fraction of sp³-hybridized carbons (Fsp3) is 0.250. The lowest BCUT2D eigenvalue weighted by molar-refractivity contribution is -0.119. The molecule has 3 aromatic rings. The highest BCUT2D eigenvalue weighted by Crippen LogP contribution is 2.25. The highest BCUT2D eigenvalue weighted by Gasteiger charge is 2.12. The minimum atomic E-state index is -0.153. The summed E-state index contributed by atoms with van der Waals surface area (Å²) in [6, 6.07) is 13.2. The molecule has 0 fully saturated rings. The Morgan fingerprint density at radius 1 is 1.26 bits per heavy atom. The van der Waals surface area contributed by atoms with Crippen LogP contribution in [0.3, 0.4) is 0 Å². The summed E-state index contributed by atoms with van der Waals surface area (Å²) in [4.78, 5) is 20.7. The number of H-pyrrole nitrogens is 1. The van der Waals surface area contributed by atoms with E-state index in [1.54, 1.807) is 26.3 Å². The summed E-state index contributed by atoms with van der Waals surface area (Å²) in [7, 11) is 3.33. The van der Waals surface area contributed by atoms with Gasteiger partial charge in [0.25, 0.3) is 0 Å². The molecule has 0 saturated carbocycles. The van der Waals surface area contributed by atoms with Crippen LogP contribution in [0.5, 0.6) is 5.75 Å². The third kappa shape index (κ3) is 5.47. The van der Waals surface area contributed by atoms with Crippen molar-refractivity contribution in [1.29, 1.82) is 0 Å². The number of methoxy groups -OCH3 is 1. The van der Waals surface area contributed by atoms with Gasteiger partial charge in [-0.3, -0.25) is 4.79 Å². The highest BCUT2D eigenvalue weighted by molar-refractivity contribution is 6.32. The molecule has 2 aromatic carbocycles. The van der Waals surface area contributed by atoms with Crippen LogP contribution in [-0.2, 0) is 11.2 Å². The third-order valence-corrected chi connectivity index (χ3v) is 5.34. The van der Waals surface area contributed by atoms with Gasteiger partial charge in [0.05, 0.1) is 29.6 Å². The molecule has 0 aliphatic rings. The summed E-state index contributed by atoms with van der Waals surface area (Å²) in [5.41, 5.74) is 4.77. The first-order chi connectivity index (χ1) is 14.9. The number of allylic oxidation sites excluding steroid dienone is 3. The number of hydrogen-bond acceptors (Lipinski definition) is 4. The number of nitrogens with zero attached hydrogens (tertiary/aromatic N) is 1. The summed E-state index contributed by atoms with van der Waals surface area (Å²) >= 11 is 6.17. The van der Waals surface area contributed by atoms with E-state index in [-0.39, 0.29) is 12.3 Å². The minimum Gasteiger partial charge on any atom is -0.495 e. The van der Waals surface area contributed by atoms with Gasteiger partial charge in [0.1, 0.15) is 17.4 Å². The molecule has 0 radical (unpaired) electrons. The first-order valence-electron chi connectivity index (χ1n) is 10.1. The number of para-hydroxylation sites is 2. The first kappa shape index (κ1) is 22.4. The van der Waals surface area contributed by atoms with Crippen molar-refractivity contribution in [2.45, 2.75) is 26.7 Å². The molecule has 0 bridgehead atoms. The Morgan fingerprint density at radius 3 is 2.68 bits per heavy atom. The maximum absolute atomic E-state index is 12.6. The van der Waals surface area contributed by atoms with Crippen LogP contribution in [0, 0.1) is 0 Å². The number of carbonyl (C=O) groups is 1. The minimum absolute atomic E-state index is 0.153. The fourth-order valence-electron chi connectivity index (χ4n) is 3.18. The van der Waals surface area contributed by atoms with Gasteiger partial charge in [0, 0.05) is 12.6 Å². The largest absolute Gasteiger partial charge is 0.495 e. The molecule has 0 saturated heterocycles. The van der Waals surface area contributed by atoms with Crippen LogP contribution >= 0.6 is 11.6 Å². The smallest absolute Gasteiger partial charge is 0.229 e. The lowest BCUT2D eigenvalue weighted by Crippen LogP contribution is -2.31. The second-order valence-corrected chi connectivity index (χ2v) is 7.56. The molecule has 3 N–H and O–H groups in total. The Morgan fingerprint density at radius 2 is 2.03 bits per heavy atom. The maximum Gasteiger partial charge on any atom is 0.229 e. The Hall–Kier alpha value is -3.25. The number of fused-ring (bicyclic) bond motifs is 1. The number of benzene rings is 2. The number of hydrogen-bond donors (Lipinski definition) is 3. The van der Waals surface area contributed by atoms with Crippen molar-refractivity contribution in [1.82, 2.24) is 20.6 Å². The maximum atomic E-state index is 12.6. The van der Waals surface area contributed by atoms with Crippen molar-refractivity contribution in [3.05, 3.63) is 76.3 Å². The molecule has 1 heterocycles. The lowest BCUT2D eigenvalue weighted by atomic mass is 10.1. The van der Waals surface area contributed by atoms with Crippen LogP contribution in [0.15, 0.2) is 59.9 Å². The van der Waals surface area contributed by atoms with E-state index in [1.165, 1.54) is 0 Å². The number of carbonyl (C=O) groups excluding carboxylic acids is 1. The lowest BCUT2D eigenvalue weighted by Gasteiger charge is -2.12. The van der Waals surface area contributed by atoms with E-state index in [4.69, 9.17) is 21.3 Å². The fourth-order valence-corrected chi connectivity index (χ4v) is 3.46. The van der Waals surface area contributed by atoms with E-state index in [1.807, 2.05) is 36.4 Å². The molecule has 0 aliphatic carbocycles.